The molecule has 0 spiro atoms. The maximum absolute atomic E-state index is 17.0. The lowest BCUT2D eigenvalue weighted by Gasteiger charge is -2.48. The highest BCUT2D eigenvalue weighted by Gasteiger charge is 2.61. The molecule has 17 heteroatoms. The third kappa shape index (κ3) is 10.5. The molecular weight excluding hydrogens is 816 g/mol. The summed E-state index contributed by atoms with van der Waals surface area (Å²) in [6, 6.07) is 6.42. The van der Waals surface area contributed by atoms with E-state index in [1.54, 1.807) is 51.6 Å². The molecule has 3 aliphatic heterocycles. The Morgan fingerprint density at radius 2 is 1.71 bits per heavy atom. The van der Waals surface area contributed by atoms with E-state index in [9.17, 15) is 24.0 Å². The average Bonchev–Trinajstić information content (AvgIpc) is 3.80. The zero-order chi connectivity index (χ0) is 46.8. The van der Waals surface area contributed by atoms with Gasteiger partial charge in [-0.3, -0.25) is 19.1 Å². The number of fused-ring (bicyclic) bond motifs is 1. The first-order chi connectivity index (χ1) is 29.5. The molecule has 63 heavy (non-hydrogen) atoms. The number of alkyl halides is 1. The Kier molecular flexibility index (Phi) is 15.6. The third-order valence-corrected chi connectivity index (χ3v) is 13.6. The van der Waals surface area contributed by atoms with Gasteiger partial charge >= 0.3 is 12.1 Å². The molecule has 3 aliphatic rings. The summed E-state index contributed by atoms with van der Waals surface area (Å²) in [6.45, 7) is 16.9. The van der Waals surface area contributed by atoms with E-state index in [0.29, 0.717) is 30.8 Å². The van der Waals surface area contributed by atoms with Crippen LogP contribution in [0.1, 0.15) is 101 Å². The fraction of sp³-hybridized carbons (Fsp3) is 0.717. The number of Topliss-reactive ketones (excluding diaryl/α,β-unsaturated/α-hetero) is 2. The molecule has 5 rings (SSSR count). The maximum Gasteiger partial charge on any atom is 0.410 e. The molecule has 3 fully saturated rings. The highest BCUT2D eigenvalue weighted by molar-refractivity contribution is 6.08. The second-order valence-corrected chi connectivity index (χ2v) is 18.8. The number of rotatable bonds is 12. The lowest BCUT2D eigenvalue weighted by atomic mass is 9.73. The first kappa shape index (κ1) is 49.7. The van der Waals surface area contributed by atoms with Crippen LogP contribution in [0.15, 0.2) is 30.5 Å². The van der Waals surface area contributed by atoms with Crippen LogP contribution in [-0.4, -0.2) is 136 Å². The number of anilines is 1. The van der Waals surface area contributed by atoms with Crippen molar-refractivity contribution in [3.05, 3.63) is 30.5 Å². The fourth-order valence-corrected chi connectivity index (χ4v) is 10.1. The topological polar surface area (TPSA) is 181 Å². The van der Waals surface area contributed by atoms with Gasteiger partial charge in [0.05, 0.1) is 30.0 Å². The molecule has 0 saturated carbocycles. The minimum Gasteiger partial charge on any atom is -0.455 e. The smallest absolute Gasteiger partial charge is 0.410 e. The van der Waals surface area contributed by atoms with E-state index in [2.05, 4.69) is 20.5 Å². The molecule has 1 aromatic carbocycles. The average molecular weight is 885 g/mol. The normalized spacial score (nSPS) is 35.8. The molecule has 2 aromatic rings. The monoisotopic (exact) mass is 885 g/mol. The summed E-state index contributed by atoms with van der Waals surface area (Å²) in [6.07, 6.45) is -0.361. The van der Waals surface area contributed by atoms with Crippen LogP contribution in [0.4, 0.5) is 14.9 Å². The molecule has 1 N–H and O–H groups in total. The molecule has 3 saturated heterocycles. The van der Waals surface area contributed by atoms with Gasteiger partial charge in [0, 0.05) is 68.1 Å². The number of esters is 1. The summed E-state index contributed by atoms with van der Waals surface area (Å²) in [5.41, 5.74) is -4.06. The van der Waals surface area contributed by atoms with Gasteiger partial charge in [-0.2, -0.15) is 0 Å². The van der Waals surface area contributed by atoms with Crippen molar-refractivity contribution in [3.63, 3.8) is 0 Å². The number of halogens is 1. The summed E-state index contributed by atoms with van der Waals surface area (Å²) >= 11 is 0. The molecule has 1 aromatic heterocycles. The minimum atomic E-state index is -3.14. The molecule has 0 aliphatic carbocycles. The molecule has 0 bridgehead atoms. The van der Waals surface area contributed by atoms with Crippen LogP contribution in [0.5, 0.6) is 0 Å². The van der Waals surface area contributed by atoms with Gasteiger partial charge in [0.2, 0.25) is 5.91 Å². The molecule has 13 atom stereocenters. The highest BCUT2D eigenvalue weighted by Crippen LogP contribution is 2.44. The molecule has 4 heterocycles. The summed E-state index contributed by atoms with van der Waals surface area (Å²) in [5, 5.41) is 11.3. The fourth-order valence-electron chi connectivity index (χ4n) is 10.1. The van der Waals surface area contributed by atoms with Crippen molar-refractivity contribution in [2.75, 3.05) is 33.1 Å². The van der Waals surface area contributed by atoms with Gasteiger partial charge in [0.1, 0.15) is 17.6 Å². The molecule has 0 unspecified atom stereocenters. The summed E-state index contributed by atoms with van der Waals surface area (Å²) in [5.74, 6) is -5.89. The Balaban J connectivity index is 1.43. The van der Waals surface area contributed by atoms with E-state index in [1.165, 1.54) is 25.9 Å². The Morgan fingerprint density at radius 3 is 2.35 bits per heavy atom. The lowest BCUT2D eigenvalue weighted by molar-refractivity contribution is -0.281. The van der Waals surface area contributed by atoms with Gasteiger partial charge in [0.15, 0.2) is 17.7 Å². The van der Waals surface area contributed by atoms with Crippen molar-refractivity contribution in [3.8, 4) is 11.3 Å². The Bertz CT molecular complexity index is 1980. The number of carbonyl (C=O) groups is 5. The van der Waals surface area contributed by atoms with E-state index in [-0.39, 0.29) is 49.1 Å². The van der Waals surface area contributed by atoms with Crippen LogP contribution in [0.25, 0.3) is 11.3 Å². The Hall–Kier alpha value is -4.32. The Labute approximate surface area is 371 Å². The minimum absolute atomic E-state index is 0.0586. The van der Waals surface area contributed by atoms with E-state index in [4.69, 9.17) is 23.7 Å². The van der Waals surface area contributed by atoms with Gasteiger partial charge in [-0.15, -0.1) is 5.10 Å². The number of unbranched alkanes of at least 4 members (excludes halogenated alkanes) is 1. The molecular formula is C46H69FN6O10. The van der Waals surface area contributed by atoms with Gasteiger partial charge in [-0.25, -0.2) is 14.0 Å². The third-order valence-electron chi connectivity index (χ3n) is 13.6. The van der Waals surface area contributed by atoms with Crippen molar-refractivity contribution < 1.29 is 52.0 Å². The van der Waals surface area contributed by atoms with Gasteiger partial charge in [-0.1, -0.05) is 52.0 Å². The number of ether oxygens (including phenoxy) is 5. The number of benzene rings is 1. The number of carbonyl (C=O) groups excluding carboxylic acids is 5. The lowest BCUT2D eigenvalue weighted by Crippen LogP contribution is -2.61. The van der Waals surface area contributed by atoms with Gasteiger partial charge < -0.3 is 38.8 Å². The number of aromatic nitrogens is 3. The SMILES string of the molecule is CC[C@H]1OC(=O)[C@@](C)(F)C(=O)[C@H](C)[C@@H](O[C@@H]2O[C@H](C)C[C@H](N(C)C)[C@@H]2C)[C@@](C)(OC)C[C@@H](C)C(=O)[C@H](C)[C@@H]2N(CCCCn3cc(-c4cccc(NC(C)=O)c4)nn3)C(=O)O[C@@]21C. The summed E-state index contributed by atoms with van der Waals surface area (Å²) < 4.78 is 49.9. The van der Waals surface area contributed by atoms with Crippen LogP contribution in [0.2, 0.25) is 0 Å². The number of hydrogen-bond acceptors (Lipinski definition) is 13. The number of cyclic esters (lactones) is 1. The highest BCUT2D eigenvalue weighted by atomic mass is 19.1. The van der Waals surface area contributed by atoms with Crippen LogP contribution in [0, 0.1) is 23.7 Å². The van der Waals surface area contributed by atoms with Gasteiger partial charge in [0.25, 0.3) is 5.67 Å². The summed E-state index contributed by atoms with van der Waals surface area (Å²) in [4.78, 5) is 72.2. The standard InChI is InChI=1S/C46H69FN6O10/c1-14-36-46(10)38(53(43(58)63-46)21-16-15-20-52-25-34(49-50-52)32-18-17-19-33(23-32)48-31(7)54)29(5)37(55)26(2)24-44(8,59-13)40(30(6)39(56)45(9,47)42(57)61-36)62-41-28(4)35(51(11)12)22-27(3)60-41/h17-19,23,25-30,35-36,38,40-41H,14-16,20-22,24H2,1-13H3,(H,48,54)/t26-,27-,28+,29+,30+,35+,36-,38+,40-,41+,44+,45+,46-/m1/s1. The number of nitrogens with zero attached hydrogens (tertiary/aromatic N) is 5. The first-order valence-electron chi connectivity index (χ1n) is 22.3. The molecule has 2 amide bonds. The van der Waals surface area contributed by atoms with Gasteiger partial charge in [-0.05, 0) is 86.0 Å². The molecule has 16 nitrogen and oxygen atoms in total. The predicted molar refractivity (Wildman–Crippen MR) is 232 cm³/mol. The maximum atomic E-state index is 17.0. The largest absolute Gasteiger partial charge is 0.455 e. The van der Waals surface area contributed by atoms with Crippen LogP contribution >= 0.6 is 0 Å². The van der Waals surface area contributed by atoms with E-state index in [0.717, 1.165) is 18.9 Å². The van der Waals surface area contributed by atoms with Crippen molar-refractivity contribution in [2.45, 2.75) is 161 Å². The van der Waals surface area contributed by atoms with Crippen molar-refractivity contribution in [2.24, 2.45) is 23.7 Å². The van der Waals surface area contributed by atoms with Crippen molar-refractivity contribution in [1.82, 2.24) is 24.8 Å². The zero-order valence-corrected chi connectivity index (χ0v) is 39.3. The van der Waals surface area contributed by atoms with Crippen LogP contribution in [0.3, 0.4) is 0 Å². The number of nitrogens with one attached hydrogen (secondary N) is 1. The number of methoxy groups -OCH3 is 1. The van der Waals surface area contributed by atoms with Crippen LogP contribution in [-0.2, 0) is 49.4 Å². The quantitative estimate of drug-likeness (QED) is 0.144. The van der Waals surface area contributed by atoms with E-state index >= 15 is 4.39 Å². The summed E-state index contributed by atoms with van der Waals surface area (Å²) in [7, 11) is 5.41. The number of amides is 2. The first-order valence-corrected chi connectivity index (χ1v) is 22.3. The second kappa shape index (κ2) is 19.8. The second-order valence-electron chi connectivity index (χ2n) is 18.8. The van der Waals surface area contributed by atoms with E-state index in [1.807, 2.05) is 46.1 Å². The predicted octanol–water partition coefficient (Wildman–Crippen LogP) is 6.25. The van der Waals surface area contributed by atoms with Crippen LogP contribution < -0.4 is 5.32 Å². The van der Waals surface area contributed by atoms with E-state index < -0.39 is 77.0 Å². The van der Waals surface area contributed by atoms with Crippen molar-refractivity contribution >= 4 is 35.2 Å². The zero-order valence-electron chi connectivity index (χ0n) is 39.3. The molecule has 0 radical (unpaired) electrons. The number of ketones is 2. The number of hydrogen-bond donors (Lipinski definition) is 1. The Morgan fingerprint density at radius 1 is 1.03 bits per heavy atom. The molecule has 350 valence electrons. The number of aryl methyl sites for hydroxylation is 1. The van der Waals surface area contributed by atoms with Crippen molar-refractivity contribution in [1.29, 1.82) is 0 Å².